The number of nitrogens with two attached hydrogens (primary N) is 1. The van der Waals surface area contributed by atoms with E-state index in [0.29, 0.717) is 6.61 Å². The van der Waals surface area contributed by atoms with Crippen LogP contribution in [-0.4, -0.2) is 25.3 Å². The summed E-state index contributed by atoms with van der Waals surface area (Å²) < 4.78 is 8.54. The predicted molar refractivity (Wildman–Crippen MR) is 32.2 cm³/mol. The summed E-state index contributed by atoms with van der Waals surface area (Å²) in [5.41, 5.74) is 4.53. The monoisotopic (exact) mass is 147 g/mol. The Morgan fingerprint density at radius 1 is 1.50 bits per heavy atom. The molecule has 0 rings (SSSR count). The Balaban J connectivity index is 3.35. The van der Waals surface area contributed by atoms with E-state index in [1.807, 2.05) is 0 Å². The maximum atomic E-state index is 10.4. The fraction of sp³-hybridized carbons (Fsp3) is 0.600. The molecule has 5 nitrogen and oxygen atoms in total. The topological polar surface area (TPSA) is 78.6 Å². The van der Waals surface area contributed by atoms with E-state index >= 15 is 0 Å². The van der Waals surface area contributed by atoms with Gasteiger partial charge in [-0.05, 0) is 6.92 Å². The molecule has 2 N–H and O–H groups in total. The van der Waals surface area contributed by atoms with Crippen molar-refractivity contribution in [2.45, 2.75) is 6.92 Å². The Kier molecular flexibility index (Phi) is 4.23. The number of ether oxygens (including phenoxy) is 2. The van der Waals surface area contributed by atoms with Crippen LogP contribution in [0.15, 0.2) is 0 Å². The van der Waals surface area contributed by atoms with E-state index < -0.39 is 12.1 Å². The molecule has 0 radical (unpaired) electrons. The van der Waals surface area contributed by atoms with Crippen LogP contribution in [0.1, 0.15) is 6.92 Å². The quantitative estimate of drug-likeness (QED) is 0.437. The highest BCUT2D eigenvalue weighted by Gasteiger charge is 2.04. The fourth-order valence-corrected chi connectivity index (χ4v) is 0.327. The van der Waals surface area contributed by atoms with Crippen molar-refractivity contribution in [1.29, 1.82) is 0 Å². The van der Waals surface area contributed by atoms with Crippen LogP contribution in [0.3, 0.4) is 0 Å². The molecule has 10 heavy (non-hydrogen) atoms. The average Bonchev–Trinajstić information content (AvgIpc) is 1.82. The summed E-state index contributed by atoms with van der Waals surface area (Å²) in [4.78, 5) is 20.3. The van der Waals surface area contributed by atoms with Gasteiger partial charge in [0.15, 0.2) is 0 Å². The van der Waals surface area contributed by atoms with Crippen LogP contribution >= 0.6 is 0 Å². The molecule has 0 aliphatic heterocycles. The van der Waals surface area contributed by atoms with Gasteiger partial charge < -0.3 is 15.2 Å². The Bertz CT molecular complexity index is 134. The van der Waals surface area contributed by atoms with E-state index in [1.54, 1.807) is 6.92 Å². The molecular formula is C5H9NO4. The van der Waals surface area contributed by atoms with Gasteiger partial charge in [0.25, 0.3) is 0 Å². The molecule has 1 amide bonds. The van der Waals surface area contributed by atoms with Gasteiger partial charge in [0.2, 0.25) is 0 Å². The highest BCUT2D eigenvalue weighted by molar-refractivity contribution is 5.84. The summed E-state index contributed by atoms with van der Waals surface area (Å²) in [6.45, 7) is 1.88. The molecule has 0 aromatic carbocycles. The second-order valence-corrected chi connectivity index (χ2v) is 1.43. The van der Waals surface area contributed by atoms with Crippen LogP contribution in [0, 0.1) is 0 Å². The van der Waals surface area contributed by atoms with Gasteiger partial charge in [-0.2, -0.15) is 0 Å². The van der Waals surface area contributed by atoms with Crippen molar-refractivity contribution >= 4 is 12.1 Å². The van der Waals surface area contributed by atoms with E-state index in [4.69, 9.17) is 0 Å². The van der Waals surface area contributed by atoms with Crippen molar-refractivity contribution in [2.24, 2.45) is 5.73 Å². The summed E-state index contributed by atoms with van der Waals surface area (Å²) in [7, 11) is 0. The Morgan fingerprint density at radius 3 is 2.50 bits per heavy atom. The van der Waals surface area contributed by atoms with Gasteiger partial charge in [0, 0.05) is 6.61 Å². The average molecular weight is 147 g/mol. The molecule has 0 spiro atoms. The highest BCUT2D eigenvalue weighted by Crippen LogP contribution is 1.79. The smallest absolute Gasteiger partial charge is 0.375 e. The minimum atomic E-state index is -1.11. The van der Waals surface area contributed by atoms with Gasteiger partial charge in [-0.25, -0.2) is 9.59 Å². The molecule has 0 aliphatic rings. The minimum absolute atomic E-state index is 0.237. The second kappa shape index (κ2) is 4.75. The Morgan fingerprint density at radius 2 is 2.10 bits per heavy atom. The first kappa shape index (κ1) is 8.90. The van der Waals surface area contributed by atoms with Crippen molar-refractivity contribution in [3.63, 3.8) is 0 Å². The van der Waals surface area contributed by atoms with Crippen molar-refractivity contribution in [2.75, 3.05) is 13.2 Å². The molecule has 5 heteroatoms. The Hall–Kier alpha value is -1.10. The fourth-order valence-electron chi connectivity index (χ4n) is 0.327. The lowest BCUT2D eigenvalue weighted by molar-refractivity contribution is -0.142. The molecule has 0 atom stereocenters. The zero-order valence-electron chi connectivity index (χ0n) is 5.62. The first-order chi connectivity index (χ1) is 4.66. The van der Waals surface area contributed by atoms with Crippen molar-refractivity contribution in [3.8, 4) is 0 Å². The van der Waals surface area contributed by atoms with Gasteiger partial charge in [-0.1, -0.05) is 0 Å². The van der Waals surface area contributed by atoms with Crippen LogP contribution in [0.2, 0.25) is 0 Å². The normalized spacial score (nSPS) is 8.90. The number of hydrogen-bond donors (Lipinski definition) is 1. The van der Waals surface area contributed by atoms with Gasteiger partial charge in [-0.15, -0.1) is 0 Å². The molecule has 0 fully saturated rings. The lowest BCUT2D eigenvalue weighted by Gasteiger charge is -1.97. The lowest BCUT2D eigenvalue weighted by atomic mass is 10.7. The standard InChI is InChI=1S/C5H9NO4/c1-2-9-3-4(7)10-5(6)8/h2-3H2,1H3,(H2,6,8). The SMILES string of the molecule is CCOCC(=O)OC(N)=O. The number of rotatable bonds is 3. The molecule has 0 aromatic rings. The van der Waals surface area contributed by atoms with Crippen LogP contribution in [-0.2, 0) is 14.3 Å². The van der Waals surface area contributed by atoms with Crippen LogP contribution < -0.4 is 5.73 Å². The van der Waals surface area contributed by atoms with Crippen LogP contribution in [0.4, 0.5) is 4.79 Å². The minimum Gasteiger partial charge on any atom is -0.375 e. The second-order valence-electron chi connectivity index (χ2n) is 1.43. The molecule has 0 saturated carbocycles. The van der Waals surface area contributed by atoms with Crippen LogP contribution in [0.5, 0.6) is 0 Å². The number of esters is 1. The zero-order chi connectivity index (χ0) is 7.98. The van der Waals surface area contributed by atoms with E-state index in [1.165, 1.54) is 0 Å². The summed E-state index contributed by atoms with van der Waals surface area (Å²) in [5, 5.41) is 0. The van der Waals surface area contributed by atoms with E-state index in [0.717, 1.165) is 0 Å². The number of amides is 1. The third kappa shape index (κ3) is 5.04. The summed E-state index contributed by atoms with van der Waals surface area (Å²) in [6.07, 6.45) is -1.11. The van der Waals surface area contributed by atoms with Gasteiger partial charge >= 0.3 is 12.1 Å². The number of primary amides is 1. The maximum absolute atomic E-state index is 10.4. The van der Waals surface area contributed by atoms with Crippen molar-refractivity contribution < 1.29 is 19.1 Å². The molecule has 0 bridgehead atoms. The maximum Gasteiger partial charge on any atom is 0.412 e. The lowest BCUT2D eigenvalue weighted by Crippen LogP contribution is -2.21. The largest absolute Gasteiger partial charge is 0.412 e. The molecule has 0 saturated heterocycles. The first-order valence-electron chi connectivity index (χ1n) is 2.74. The van der Waals surface area contributed by atoms with E-state index in [-0.39, 0.29) is 6.61 Å². The summed E-state index contributed by atoms with van der Waals surface area (Å²) in [6, 6.07) is 0. The van der Waals surface area contributed by atoms with Crippen molar-refractivity contribution in [1.82, 2.24) is 0 Å². The van der Waals surface area contributed by atoms with Gasteiger partial charge in [-0.3, -0.25) is 0 Å². The van der Waals surface area contributed by atoms with Crippen LogP contribution in [0.25, 0.3) is 0 Å². The molecule has 0 heterocycles. The van der Waals surface area contributed by atoms with E-state index in [2.05, 4.69) is 15.2 Å². The van der Waals surface area contributed by atoms with Gasteiger partial charge in [0.1, 0.15) is 6.61 Å². The van der Waals surface area contributed by atoms with Crippen molar-refractivity contribution in [3.05, 3.63) is 0 Å². The summed E-state index contributed by atoms with van der Waals surface area (Å²) in [5.74, 6) is -0.769. The van der Waals surface area contributed by atoms with Gasteiger partial charge in [0.05, 0.1) is 0 Å². The Labute approximate surface area is 58.1 Å². The molecule has 0 unspecified atom stereocenters. The molecule has 0 aliphatic carbocycles. The number of hydrogen-bond acceptors (Lipinski definition) is 4. The number of carbonyl (C=O) groups is 2. The molecular weight excluding hydrogens is 138 g/mol. The highest BCUT2D eigenvalue weighted by atomic mass is 16.6. The zero-order valence-corrected chi connectivity index (χ0v) is 5.62. The third-order valence-electron chi connectivity index (χ3n) is 0.638. The van der Waals surface area contributed by atoms with E-state index in [9.17, 15) is 9.59 Å². The molecule has 0 aromatic heterocycles. The predicted octanol–water partition coefficient (Wildman–Crippen LogP) is -0.355. The first-order valence-corrected chi connectivity index (χ1v) is 2.74. The summed E-state index contributed by atoms with van der Waals surface area (Å²) >= 11 is 0. The third-order valence-corrected chi connectivity index (χ3v) is 0.638. The number of carbonyl (C=O) groups excluding carboxylic acids is 2. The molecule has 58 valence electrons.